The summed E-state index contributed by atoms with van der Waals surface area (Å²) in [5, 5.41) is 3.17. The zero-order valence-corrected chi connectivity index (χ0v) is 10.5. The van der Waals surface area contributed by atoms with Gasteiger partial charge in [0, 0.05) is 11.6 Å². The minimum Gasteiger partial charge on any atom is -0.490 e. The van der Waals surface area contributed by atoms with Crippen molar-refractivity contribution in [3.8, 4) is 5.75 Å². The van der Waals surface area contributed by atoms with Crippen LogP contribution >= 0.6 is 0 Å². The molecule has 0 radical (unpaired) electrons. The Balaban J connectivity index is 2.82. The molecule has 2 nitrogen and oxygen atoms in total. The molecule has 1 aromatic carbocycles. The molecule has 1 aromatic rings. The Bertz CT molecular complexity index is 344. The van der Waals surface area contributed by atoms with Gasteiger partial charge in [0.1, 0.15) is 5.75 Å². The van der Waals surface area contributed by atoms with Gasteiger partial charge in [0.25, 0.3) is 0 Å². The fourth-order valence-electron chi connectivity index (χ4n) is 1.32. The predicted molar refractivity (Wildman–Crippen MR) is 69.8 cm³/mol. The van der Waals surface area contributed by atoms with Gasteiger partial charge in [0.15, 0.2) is 0 Å². The molecule has 0 bridgehead atoms. The van der Waals surface area contributed by atoms with Crippen LogP contribution in [0.4, 0.5) is 0 Å². The molecule has 0 amide bonds. The molecular weight excluding hydrogens is 198 g/mol. The number of likely N-dealkylation sites (N-methyl/N-ethyl adjacent to an activating group) is 1. The molecule has 0 aliphatic carbocycles. The normalized spacial score (nSPS) is 13.3. The van der Waals surface area contributed by atoms with Gasteiger partial charge in [-0.15, -0.1) is 0 Å². The van der Waals surface area contributed by atoms with Crippen LogP contribution in [0.2, 0.25) is 0 Å². The highest BCUT2D eigenvalue weighted by molar-refractivity contribution is 5.57. The van der Waals surface area contributed by atoms with E-state index in [0.717, 1.165) is 11.3 Å². The fourth-order valence-corrected chi connectivity index (χ4v) is 1.32. The maximum Gasteiger partial charge on any atom is 0.126 e. The molecule has 2 heteroatoms. The topological polar surface area (TPSA) is 21.3 Å². The molecular formula is C14H21NO. The van der Waals surface area contributed by atoms with E-state index >= 15 is 0 Å². The summed E-state index contributed by atoms with van der Waals surface area (Å²) in [6, 6.07) is 8.46. The number of hydrogen-bond donors (Lipinski definition) is 1. The van der Waals surface area contributed by atoms with Crippen LogP contribution in [0.25, 0.3) is 6.08 Å². The molecule has 0 heterocycles. The Morgan fingerprint density at radius 1 is 1.19 bits per heavy atom. The Labute approximate surface area is 98.3 Å². The van der Waals surface area contributed by atoms with E-state index in [1.807, 2.05) is 39.1 Å². The first-order chi connectivity index (χ1) is 7.63. The molecule has 0 aliphatic heterocycles. The van der Waals surface area contributed by atoms with Crippen LogP contribution in [-0.2, 0) is 0 Å². The molecule has 1 unspecified atom stereocenters. The molecule has 88 valence electrons. The van der Waals surface area contributed by atoms with Gasteiger partial charge in [-0.25, -0.2) is 0 Å². The summed E-state index contributed by atoms with van der Waals surface area (Å²) in [6.07, 6.45) is 4.43. The Hall–Kier alpha value is -1.28. The van der Waals surface area contributed by atoms with Gasteiger partial charge in [-0.05, 0) is 33.9 Å². The molecule has 0 fully saturated rings. The van der Waals surface area contributed by atoms with E-state index in [1.165, 1.54) is 0 Å². The second kappa shape index (κ2) is 6.33. The highest BCUT2D eigenvalue weighted by atomic mass is 16.5. The van der Waals surface area contributed by atoms with Crippen LogP contribution in [0, 0.1) is 0 Å². The minimum atomic E-state index is 0.205. The molecule has 0 saturated carbocycles. The first kappa shape index (κ1) is 12.8. The van der Waals surface area contributed by atoms with Crippen molar-refractivity contribution in [2.24, 2.45) is 0 Å². The zero-order valence-electron chi connectivity index (χ0n) is 10.5. The van der Waals surface area contributed by atoms with Crippen molar-refractivity contribution in [2.75, 3.05) is 7.05 Å². The van der Waals surface area contributed by atoms with Crippen LogP contribution in [0.1, 0.15) is 26.3 Å². The van der Waals surface area contributed by atoms with E-state index in [0.29, 0.717) is 6.04 Å². The number of ether oxygens (including phenoxy) is 1. The molecule has 1 atom stereocenters. The first-order valence-corrected chi connectivity index (χ1v) is 5.74. The van der Waals surface area contributed by atoms with Gasteiger partial charge in [-0.2, -0.15) is 0 Å². The first-order valence-electron chi connectivity index (χ1n) is 5.74. The average Bonchev–Trinajstić information content (AvgIpc) is 2.26. The smallest absolute Gasteiger partial charge is 0.126 e. The summed E-state index contributed by atoms with van der Waals surface area (Å²) < 4.78 is 5.74. The molecule has 0 spiro atoms. The number of para-hydroxylation sites is 1. The lowest BCUT2D eigenvalue weighted by atomic mass is 10.1. The van der Waals surface area contributed by atoms with Gasteiger partial charge < -0.3 is 10.1 Å². The maximum atomic E-state index is 5.74. The van der Waals surface area contributed by atoms with E-state index in [-0.39, 0.29) is 6.10 Å². The lowest BCUT2D eigenvalue weighted by Crippen LogP contribution is -2.17. The molecule has 0 saturated heterocycles. The maximum absolute atomic E-state index is 5.74. The number of hydrogen-bond acceptors (Lipinski definition) is 2. The monoisotopic (exact) mass is 219 g/mol. The van der Waals surface area contributed by atoms with E-state index in [9.17, 15) is 0 Å². The fraction of sp³-hybridized carbons (Fsp3) is 0.429. The van der Waals surface area contributed by atoms with E-state index < -0.39 is 0 Å². The standard InChI is InChI=1S/C14H21NO/c1-11(2)16-14-8-6-5-7-13(14)10-9-12(3)15-4/h5-12,15H,1-4H3/b10-9+. The Kier molecular flexibility index (Phi) is 5.06. The molecule has 1 rings (SSSR count). The van der Waals surface area contributed by atoms with Crippen LogP contribution in [0.3, 0.4) is 0 Å². The van der Waals surface area contributed by atoms with Crippen LogP contribution < -0.4 is 10.1 Å². The summed E-state index contributed by atoms with van der Waals surface area (Å²) in [4.78, 5) is 0. The lowest BCUT2D eigenvalue weighted by molar-refractivity contribution is 0.242. The average molecular weight is 219 g/mol. The van der Waals surface area contributed by atoms with Gasteiger partial charge in [-0.1, -0.05) is 30.4 Å². The number of benzene rings is 1. The summed E-state index contributed by atoms with van der Waals surface area (Å²) in [7, 11) is 1.95. The van der Waals surface area contributed by atoms with Crippen LogP contribution in [0.15, 0.2) is 30.3 Å². The van der Waals surface area contributed by atoms with Gasteiger partial charge >= 0.3 is 0 Å². The third kappa shape index (κ3) is 4.07. The molecule has 0 aliphatic rings. The SMILES string of the molecule is CNC(C)/C=C/c1ccccc1OC(C)C. The van der Waals surface area contributed by atoms with Crippen molar-refractivity contribution < 1.29 is 4.74 Å². The number of rotatable bonds is 5. The zero-order chi connectivity index (χ0) is 12.0. The quantitative estimate of drug-likeness (QED) is 0.821. The summed E-state index contributed by atoms with van der Waals surface area (Å²) in [6.45, 7) is 6.19. The second-order valence-electron chi connectivity index (χ2n) is 4.14. The largest absolute Gasteiger partial charge is 0.490 e. The predicted octanol–water partition coefficient (Wildman–Crippen LogP) is 3.09. The highest BCUT2D eigenvalue weighted by Gasteiger charge is 2.02. The third-order valence-electron chi connectivity index (χ3n) is 2.30. The van der Waals surface area contributed by atoms with E-state index in [2.05, 4.69) is 30.5 Å². The summed E-state index contributed by atoms with van der Waals surface area (Å²) in [5.74, 6) is 0.942. The minimum absolute atomic E-state index is 0.205. The third-order valence-corrected chi connectivity index (χ3v) is 2.30. The van der Waals surface area contributed by atoms with Crippen molar-refractivity contribution in [1.29, 1.82) is 0 Å². The Morgan fingerprint density at radius 2 is 1.88 bits per heavy atom. The van der Waals surface area contributed by atoms with Crippen molar-refractivity contribution in [3.63, 3.8) is 0 Å². The lowest BCUT2D eigenvalue weighted by Gasteiger charge is -2.12. The van der Waals surface area contributed by atoms with Crippen molar-refractivity contribution >= 4 is 6.08 Å². The van der Waals surface area contributed by atoms with Crippen LogP contribution in [0.5, 0.6) is 5.75 Å². The van der Waals surface area contributed by atoms with Crippen LogP contribution in [-0.4, -0.2) is 19.2 Å². The second-order valence-corrected chi connectivity index (χ2v) is 4.14. The molecule has 1 N–H and O–H groups in total. The van der Waals surface area contributed by atoms with Crippen molar-refractivity contribution in [3.05, 3.63) is 35.9 Å². The molecule has 16 heavy (non-hydrogen) atoms. The summed E-state index contributed by atoms with van der Waals surface area (Å²) >= 11 is 0. The van der Waals surface area contributed by atoms with Gasteiger partial charge in [0.2, 0.25) is 0 Å². The van der Waals surface area contributed by atoms with Gasteiger partial charge in [-0.3, -0.25) is 0 Å². The van der Waals surface area contributed by atoms with Crippen molar-refractivity contribution in [1.82, 2.24) is 5.32 Å². The molecule has 0 aromatic heterocycles. The van der Waals surface area contributed by atoms with E-state index in [1.54, 1.807) is 0 Å². The highest BCUT2D eigenvalue weighted by Crippen LogP contribution is 2.20. The Morgan fingerprint density at radius 3 is 2.50 bits per heavy atom. The van der Waals surface area contributed by atoms with Gasteiger partial charge in [0.05, 0.1) is 6.10 Å². The summed E-state index contributed by atoms with van der Waals surface area (Å²) in [5.41, 5.74) is 1.12. The van der Waals surface area contributed by atoms with E-state index in [4.69, 9.17) is 4.74 Å². The van der Waals surface area contributed by atoms with Crippen molar-refractivity contribution in [2.45, 2.75) is 32.9 Å². The number of nitrogens with one attached hydrogen (secondary N) is 1.